The normalized spacial score (nSPS) is 11.5. The van der Waals surface area contributed by atoms with E-state index >= 15 is 0 Å². The average Bonchev–Trinajstić information content (AvgIpc) is 2.31. The first-order chi connectivity index (χ1) is 8.42. The second-order valence-electron chi connectivity index (χ2n) is 4.81. The molecule has 3 nitrogen and oxygen atoms in total. The predicted octanol–water partition coefficient (Wildman–Crippen LogP) is 4.11. The first-order valence-electron chi connectivity index (χ1n) is 5.89. The van der Waals surface area contributed by atoms with Crippen molar-refractivity contribution in [3.05, 3.63) is 23.4 Å². The molecule has 0 unspecified atom stereocenters. The number of carbonyl (C=O) groups is 1. The Bertz CT molecular complexity index is 392. The van der Waals surface area contributed by atoms with E-state index in [4.69, 9.17) is 16.7 Å². The lowest BCUT2D eigenvalue weighted by molar-refractivity contribution is -0.147. The van der Waals surface area contributed by atoms with Crippen LogP contribution >= 0.6 is 23.4 Å². The molecular weight excluding hydrogens is 270 g/mol. The van der Waals surface area contributed by atoms with Gasteiger partial charge >= 0.3 is 5.97 Å². The smallest absolute Gasteiger partial charge is 0.309 e. The lowest BCUT2D eigenvalue weighted by atomic mass is 9.88. The van der Waals surface area contributed by atoms with Crippen LogP contribution in [0.2, 0.25) is 5.02 Å². The van der Waals surface area contributed by atoms with E-state index in [1.54, 1.807) is 31.8 Å². The topological polar surface area (TPSA) is 50.2 Å². The van der Waals surface area contributed by atoms with Crippen molar-refractivity contribution in [2.45, 2.75) is 38.1 Å². The Morgan fingerprint density at radius 1 is 1.44 bits per heavy atom. The second kappa shape index (κ2) is 7.00. The molecular formula is C13H18ClNO2S. The molecule has 1 aromatic heterocycles. The van der Waals surface area contributed by atoms with Crippen molar-refractivity contribution in [1.82, 2.24) is 4.98 Å². The largest absolute Gasteiger partial charge is 0.481 e. The molecule has 18 heavy (non-hydrogen) atoms. The Balaban J connectivity index is 2.20. The van der Waals surface area contributed by atoms with Gasteiger partial charge < -0.3 is 5.11 Å². The number of carboxylic acid groups (broad SMARTS) is 1. The van der Waals surface area contributed by atoms with E-state index in [2.05, 4.69) is 4.98 Å². The third kappa shape index (κ3) is 5.27. The molecule has 0 aromatic carbocycles. The Hall–Kier alpha value is -0.740. The van der Waals surface area contributed by atoms with Crippen LogP contribution in [0.25, 0.3) is 0 Å². The van der Waals surface area contributed by atoms with Gasteiger partial charge in [0.1, 0.15) is 0 Å². The quantitative estimate of drug-likeness (QED) is 0.606. The fraction of sp³-hybridized carbons (Fsp3) is 0.538. The zero-order valence-electron chi connectivity index (χ0n) is 10.6. The van der Waals surface area contributed by atoms with Crippen LogP contribution in [-0.2, 0) is 4.79 Å². The van der Waals surface area contributed by atoms with Crippen LogP contribution < -0.4 is 0 Å². The molecule has 1 rings (SSSR count). The molecule has 100 valence electrons. The Morgan fingerprint density at radius 2 is 2.17 bits per heavy atom. The molecule has 0 aliphatic rings. The maximum Gasteiger partial charge on any atom is 0.309 e. The number of aromatic nitrogens is 1. The molecule has 0 spiro atoms. The van der Waals surface area contributed by atoms with Crippen molar-refractivity contribution in [2.24, 2.45) is 5.41 Å². The third-order valence-electron chi connectivity index (χ3n) is 2.73. The minimum atomic E-state index is -0.727. The highest BCUT2D eigenvalue weighted by Crippen LogP contribution is 2.25. The molecule has 5 heteroatoms. The number of thioether (sulfide) groups is 1. The van der Waals surface area contributed by atoms with Crippen molar-refractivity contribution in [1.29, 1.82) is 0 Å². The minimum Gasteiger partial charge on any atom is -0.481 e. The van der Waals surface area contributed by atoms with E-state index in [0.717, 1.165) is 23.6 Å². The number of carboxylic acids is 1. The summed E-state index contributed by atoms with van der Waals surface area (Å²) < 4.78 is 0. The molecule has 0 bridgehead atoms. The van der Waals surface area contributed by atoms with Crippen molar-refractivity contribution in [3.8, 4) is 0 Å². The Morgan fingerprint density at radius 3 is 2.72 bits per heavy atom. The predicted molar refractivity (Wildman–Crippen MR) is 75.2 cm³/mol. The van der Waals surface area contributed by atoms with Crippen molar-refractivity contribution in [2.75, 3.05) is 5.75 Å². The highest BCUT2D eigenvalue weighted by atomic mass is 35.5. The van der Waals surface area contributed by atoms with Gasteiger partial charge in [0.15, 0.2) is 0 Å². The van der Waals surface area contributed by atoms with E-state index in [1.165, 1.54) is 0 Å². The molecule has 1 heterocycles. The number of pyridine rings is 1. The van der Waals surface area contributed by atoms with Crippen molar-refractivity contribution >= 4 is 29.3 Å². The fourth-order valence-corrected chi connectivity index (χ4v) is 2.36. The van der Waals surface area contributed by atoms with Gasteiger partial charge in [0.2, 0.25) is 0 Å². The number of nitrogens with zero attached hydrogens (tertiary/aromatic N) is 1. The zero-order chi connectivity index (χ0) is 13.6. The molecule has 1 aromatic rings. The lowest BCUT2D eigenvalue weighted by Crippen LogP contribution is -2.23. The molecule has 0 aliphatic heterocycles. The Kier molecular flexibility index (Phi) is 5.96. The van der Waals surface area contributed by atoms with Gasteiger partial charge in [-0.05, 0) is 44.6 Å². The summed E-state index contributed by atoms with van der Waals surface area (Å²) >= 11 is 7.42. The van der Waals surface area contributed by atoms with E-state index in [0.29, 0.717) is 11.4 Å². The van der Waals surface area contributed by atoms with Gasteiger partial charge in [0.05, 0.1) is 15.5 Å². The molecule has 1 N–H and O–H groups in total. The van der Waals surface area contributed by atoms with Crippen LogP contribution in [0.3, 0.4) is 0 Å². The molecule has 0 amide bonds. The van der Waals surface area contributed by atoms with Crippen LogP contribution in [0, 0.1) is 5.41 Å². The number of hydrogen-bond donors (Lipinski definition) is 1. The number of halogens is 1. The third-order valence-corrected chi connectivity index (χ3v) is 3.98. The van der Waals surface area contributed by atoms with Gasteiger partial charge in [-0.1, -0.05) is 18.0 Å². The fourth-order valence-electron chi connectivity index (χ4n) is 1.40. The number of unbranched alkanes of at least 4 members (excludes halogenated alkanes) is 1. The summed E-state index contributed by atoms with van der Waals surface area (Å²) in [5.74, 6) is 0.221. The lowest BCUT2D eigenvalue weighted by Gasteiger charge is -2.18. The first-order valence-corrected chi connectivity index (χ1v) is 7.26. The van der Waals surface area contributed by atoms with E-state index in [9.17, 15) is 4.79 Å². The highest BCUT2D eigenvalue weighted by molar-refractivity contribution is 7.99. The monoisotopic (exact) mass is 287 g/mol. The minimum absolute atomic E-state index is 0.622. The summed E-state index contributed by atoms with van der Waals surface area (Å²) in [6.07, 6.45) is 4.25. The summed E-state index contributed by atoms with van der Waals surface area (Å²) in [5.41, 5.74) is -0.622. The van der Waals surface area contributed by atoms with Gasteiger partial charge in [-0.3, -0.25) is 4.79 Å². The summed E-state index contributed by atoms with van der Waals surface area (Å²) in [7, 11) is 0. The van der Waals surface area contributed by atoms with E-state index < -0.39 is 11.4 Å². The zero-order valence-corrected chi connectivity index (χ0v) is 12.2. The van der Waals surface area contributed by atoms with Gasteiger partial charge in [-0.15, -0.1) is 11.8 Å². The van der Waals surface area contributed by atoms with Gasteiger partial charge in [-0.25, -0.2) is 4.98 Å². The van der Waals surface area contributed by atoms with Crippen molar-refractivity contribution < 1.29 is 9.90 Å². The molecule has 0 atom stereocenters. The number of hydrogen-bond acceptors (Lipinski definition) is 3. The van der Waals surface area contributed by atoms with E-state index in [-0.39, 0.29) is 0 Å². The molecule has 0 radical (unpaired) electrons. The number of rotatable bonds is 7. The standard InChI is InChI=1S/C13H18ClNO2S/c1-13(2,12(16)17)7-3-4-8-18-11-6-5-10(14)9-15-11/h5-6,9H,3-4,7-8H2,1-2H3,(H,16,17). The van der Waals surface area contributed by atoms with E-state index in [1.807, 2.05) is 12.1 Å². The van der Waals surface area contributed by atoms with Crippen LogP contribution in [0.1, 0.15) is 33.1 Å². The summed E-state index contributed by atoms with van der Waals surface area (Å²) in [5, 5.41) is 10.6. The highest BCUT2D eigenvalue weighted by Gasteiger charge is 2.25. The summed E-state index contributed by atoms with van der Waals surface area (Å²) in [6, 6.07) is 3.72. The summed E-state index contributed by atoms with van der Waals surface area (Å²) in [4.78, 5) is 15.1. The Labute approximate surface area is 117 Å². The SMILES string of the molecule is CC(C)(CCCCSc1ccc(Cl)cn1)C(=O)O. The van der Waals surface area contributed by atoms with Crippen LogP contribution in [0.4, 0.5) is 0 Å². The maximum absolute atomic E-state index is 10.9. The maximum atomic E-state index is 10.9. The molecule has 0 fully saturated rings. The van der Waals surface area contributed by atoms with Crippen LogP contribution in [0.15, 0.2) is 23.4 Å². The van der Waals surface area contributed by atoms with Gasteiger partial charge in [-0.2, -0.15) is 0 Å². The molecule has 0 aliphatic carbocycles. The van der Waals surface area contributed by atoms with Gasteiger partial charge in [0.25, 0.3) is 0 Å². The molecule has 0 saturated heterocycles. The number of aliphatic carboxylic acids is 1. The molecule has 0 saturated carbocycles. The van der Waals surface area contributed by atoms with Gasteiger partial charge in [0, 0.05) is 6.20 Å². The first kappa shape index (κ1) is 15.3. The summed E-state index contributed by atoms with van der Waals surface area (Å²) in [6.45, 7) is 3.53. The van der Waals surface area contributed by atoms with Crippen LogP contribution in [-0.4, -0.2) is 21.8 Å². The average molecular weight is 288 g/mol. The second-order valence-corrected chi connectivity index (χ2v) is 6.36. The van der Waals surface area contributed by atoms with Crippen LogP contribution in [0.5, 0.6) is 0 Å². The van der Waals surface area contributed by atoms with Crippen molar-refractivity contribution in [3.63, 3.8) is 0 Å².